The Hall–Kier alpha value is -1.40. The molecule has 0 saturated heterocycles. The molecular formula is C14H20FNO3S. The molecule has 0 unspecified atom stereocenters. The van der Waals surface area contributed by atoms with Crippen LogP contribution in [0.1, 0.15) is 13.8 Å². The molecule has 112 valence electrons. The van der Waals surface area contributed by atoms with Crippen LogP contribution in [0.2, 0.25) is 0 Å². The highest BCUT2D eigenvalue weighted by Crippen LogP contribution is 2.19. The summed E-state index contributed by atoms with van der Waals surface area (Å²) in [6, 6.07) is 5.97. The highest BCUT2D eigenvalue weighted by molar-refractivity contribution is 7.91. The minimum atomic E-state index is -3.27. The van der Waals surface area contributed by atoms with Gasteiger partial charge in [-0.3, -0.25) is 0 Å². The molecule has 0 aromatic heterocycles. The normalized spacial score (nSPS) is 12.8. The van der Waals surface area contributed by atoms with Crippen molar-refractivity contribution in [2.24, 2.45) is 11.7 Å². The quantitative estimate of drug-likeness (QED) is 0.839. The zero-order valence-corrected chi connectivity index (χ0v) is 12.5. The third kappa shape index (κ3) is 5.30. The van der Waals surface area contributed by atoms with E-state index in [4.69, 9.17) is 10.5 Å². The van der Waals surface area contributed by atoms with E-state index in [1.807, 2.05) is 13.8 Å². The average Bonchev–Trinajstić information content (AvgIpc) is 2.36. The summed E-state index contributed by atoms with van der Waals surface area (Å²) in [6.07, 6.45) is 1.22. The van der Waals surface area contributed by atoms with Crippen LogP contribution in [-0.4, -0.2) is 27.3 Å². The van der Waals surface area contributed by atoms with Crippen molar-refractivity contribution in [3.05, 3.63) is 36.2 Å². The number of nitrogens with two attached hydrogens (primary N) is 1. The SMILES string of the molecule is CC(C)CS(=O)(=O)c1ccc(OC/C(F)=C\CN)cc1. The van der Waals surface area contributed by atoms with Crippen LogP contribution in [0.25, 0.3) is 0 Å². The van der Waals surface area contributed by atoms with Crippen LogP contribution in [0.3, 0.4) is 0 Å². The van der Waals surface area contributed by atoms with Gasteiger partial charge in [-0.1, -0.05) is 13.8 Å². The van der Waals surface area contributed by atoms with Gasteiger partial charge in [0.25, 0.3) is 0 Å². The van der Waals surface area contributed by atoms with Crippen LogP contribution in [0.15, 0.2) is 41.1 Å². The summed E-state index contributed by atoms with van der Waals surface area (Å²) in [6.45, 7) is 3.60. The molecule has 0 spiro atoms. The fraction of sp³-hybridized carbons (Fsp3) is 0.429. The minimum Gasteiger partial charge on any atom is -0.487 e. The van der Waals surface area contributed by atoms with Crippen molar-refractivity contribution < 1.29 is 17.5 Å². The van der Waals surface area contributed by atoms with Gasteiger partial charge in [-0.25, -0.2) is 12.8 Å². The summed E-state index contributed by atoms with van der Waals surface area (Å²) in [5, 5.41) is 0. The fourth-order valence-corrected chi connectivity index (χ4v) is 3.24. The Labute approximate surface area is 119 Å². The number of sulfone groups is 1. The van der Waals surface area contributed by atoms with Gasteiger partial charge in [0.15, 0.2) is 9.84 Å². The van der Waals surface area contributed by atoms with E-state index in [9.17, 15) is 12.8 Å². The predicted octanol–water partition coefficient (Wildman–Crippen LogP) is 2.31. The van der Waals surface area contributed by atoms with Crippen LogP contribution in [-0.2, 0) is 9.84 Å². The molecule has 0 aliphatic heterocycles. The fourth-order valence-electron chi connectivity index (χ4n) is 1.62. The van der Waals surface area contributed by atoms with Gasteiger partial charge < -0.3 is 10.5 Å². The summed E-state index contributed by atoms with van der Waals surface area (Å²) >= 11 is 0. The van der Waals surface area contributed by atoms with E-state index in [1.165, 1.54) is 30.3 Å². The second kappa shape index (κ2) is 7.40. The van der Waals surface area contributed by atoms with E-state index < -0.39 is 15.7 Å². The Morgan fingerprint density at radius 1 is 1.35 bits per heavy atom. The first kappa shape index (κ1) is 16.7. The predicted molar refractivity (Wildman–Crippen MR) is 77.1 cm³/mol. The molecule has 0 radical (unpaired) electrons. The first-order chi connectivity index (χ1) is 9.35. The maximum Gasteiger partial charge on any atom is 0.178 e. The molecule has 0 atom stereocenters. The molecular weight excluding hydrogens is 281 g/mol. The number of benzene rings is 1. The lowest BCUT2D eigenvalue weighted by Gasteiger charge is -2.08. The smallest absolute Gasteiger partial charge is 0.178 e. The molecule has 4 nitrogen and oxygen atoms in total. The van der Waals surface area contributed by atoms with Gasteiger partial charge in [0, 0.05) is 6.54 Å². The number of hydrogen-bond donors (Lipinski definition) is 1. The molecule has 6 heteroatoms. The summed E-state index contributed by atoms with van der Waals surface area (Å²) in [4.78, 5) is 0.247. The van der Waals surface area contributed by atoms with E-state index in [0.717, 1.165) is 0 Å². The molecule has 1 aromatic carbocycles. The van der Waals surface area contributed by atoms with Gasteiger partial charge in [-0.2, -0.15) is 0 Å². The van der Waals surface area contributed by atoms with Gasteiger partial charge in [0.2, 0.25) is 0 Å². The van der Waals surface area contributed by atoms with Crippen LogP contribution in [0.4, 0.5) is 4.39 Å². The highest BCUT2D eigenvalue weighted by atomic mass is 32.2. The molecule has 0 heterocycles. The van der Waals surface area contributed by atoms with Crippen molar-refractivity contribution >= 4 is 9.84 Å². The monoisotopic (exact) mass is 301 g/mol. The molecule has 0 aliphatic rings. The van der Waals surface area contributed by atoms with Gasteiger partial charge in [0.1, 0.15) is 18.2 Å². The lowest BCUT2D eigenvalue weighted by molar-refractivity contribution is 0.318. The minimum absolute atomic E-state index is 0.0615. The number of hydrogen-bond acceptors (Lipinski definition) is 4. The topological polar surface area (TPSA) is 69.4 Å². The average molecular weight is 301 g/mol. The Morgan fingerprint density at radius 3 is 2.45 bits per heavy atom. The maximum atomic E-state index is 13.1. The van der Waals surface area contributed by atoms with Gasteiger partial charge in [-0.15, -0.1) is 0 Å². The third-order valence-corrected chi connectivity index (χ3v) is 4.55. The molecule has 20 heavy (non-hydrogen) atoms. The zero-order valence-electron chi connectivity index (χ0n) is 11.7. The van der Waals surface area contributed by atoms with Crippen LogP contribution in [0, 0.1) is 5.92 Å². The molecule has 0 bridgehead atoms. The van der Waals surface area contributed by atoms with E-state index in [0.29, 0.717) is 5.75 Å². The maximum absolute atomic E-state index is 13.1. The molecule has 0 fully saturated rings. The van der Waals surface area contributed by atoms with Crippen molar-refractivity contribution in [1.29, 1.82) is 0 Å². The summed E-state index contributed by atoms with van der Waals surface area (Å²) in [5.41, 5.74) is 5.17. The molecule has 0 aliphatic carbocycles. The molecule has 0 saturated carbocycles. The van der Waals surface area contributed by atoms with Crippen molar-refractivity contribution in [3.63, 3.8) is 0 Å². The zero-order chi connectivity index (χ0) is 15.2. The van der Waals surface area contributed by atoms with Crippen LogP contribution in [0.5, 0.6) is 5.75 Å². The van der Waals surface area contributed by atoms with Crippen molar-refractivity contribution in [1.82, 2.24) is 0 Å². The molecule has 0 amide bonds. The van der Waals surface area contributed by atoms with Crippen molar-refractivity contribution in [2.45, 2.75) is 18.7 Å². The Morgan fingerprint density at radius 2 is 1.95 bits per heavy atom. The number of halogens is 1. The van der Waals surface area contributed by atoms with E-state index in [2.05, 4.69) is 0 Å². The van der Waals surface area contributed by atoms with E-state index in [1.54, 1.807) is 0 Å². The standard InChI is InChI=1S/C14H20FNO3S/c1-11(2)10-20(17,18)14-5-3-13(4-6-14)19-9-12(15)7-8-16/h3-7,11H,8-10,16H2,1-2H3/b12-7+. The van der Waals surface area contributed by atoms with Gasteiger partial charge in [-0.05, 0) is 36.3 Å². The number of ether oxygens (including phenoxy) is 1. The number of rotatable bonds is 7. The Bertz CT molecular complexity index is 550. The van der Waals surface area contributed by atoms with Crippen molar-refractivity contribution in [2.75, 3.05) is 18.9 Å². The summed E-state index contributed by atoms with van der Waals surface area (Å²) in [7, 11) is -3.27. The third-order valence-electron chi connectivity index (χ3n) is 2.45. The van der Waals surface area contributed by atoms with Gasteiger partial charge in [0.05, 0.1) is 10.6 Å². The molecule has 1 rings (SSSR count). The lowest BCUT2D eigenvalue weighted by atomic mass is 10.3. The highest BCUT2D eigenvalue weighted by Gasteiger charge is 2.16. The molecule has 2 N–H and O–H groups in total. The van der Waals surface area contributed by atoms with Gasteiger partial charge >= 0.3 is 0 Å². The first-order valence-electron chi connectivity index (χ1n) is 6.35. The molecule has 1 aromatic rings. The Kier molecular flexibility index (Phi) is 6.16. The summed E-state index contributed by atoms with van der Waals surface area (Å²) in [5.74, 6) is 0.116. The first-order valence-corrected chi connectivity index (χ1v) is 8.00. The van der Waals surface area contributed by atoms with Crippen LogP contribution < -0.4 is 10.5 Å². The second-order valence-corrected chi connectivity index (χ2v) is 6.86. The van der Waals surface area contributed by atoms with E-state index in [-0.39, 0.29) is 29.7 Å². The van der Waals surface area contributed by atoms with Crippen molar-refractivity contribution in [3.8, 4) is 5.75 Å². The second-order valence-electron chi connectivity index (χ2n) is 4.82. The van der Waals surface area contributed by atoms with Crippen LogP contribution >= 0.6 is 0 Å². The van der Waals surface area contributed by atoms with E-state index >= 15 is 0 Å². The Balaban J connectivity index is 2.72. The lowest BCUT2D eigenvalue weighted by Crippen LogP contribution is -2.11. The largest absolute Gasteiger partial charge is 0.487 e. The summed E-state index contributed by atoms with van der Waals surface area (Å²) < 4.78 is 42.2.